The molecule has 0 aliphatic carbocycles. The van der Waals surface area contributed by atoms with Gasteiger partial charge in [-0.3, -0.25) is 4.79 Å². The molecule has 140 valence electrons. The van der Waals surface area contributed by atoms with Gasteiger partial charge in [-0.15, -0.1) is 0 Å². The van der Waals surface area contributed by atoms with Gasteiger partial charge in [0.2, 0.25) is 15.9 Å². The van der Waals surface area contributed by atoms with Crippen molar-refractivity contribution in [3.63, 3.8) is 0 Å². The highest BCUT2D eigenvalue weighted by Crippen LogP contribution is 2.17. The molecular formula is C19H24N2O4S. The molecule has 2 aromatic carbocycles. The van der Waals surface area contributed by atoms with Gasteiger partial charge in [0.25, 0.3) is 0 Å². The van der Waals surface area contributed by atoms with Gasteiger partial charge in [-0.2, -0.15) is 4.72 Å². The monoisotopic (exact) mass is 376 g/mol. The largest absolute Gasteiger partial charge is 0.494 e. The molecule has 1 atom stereocenters. The highest BCUT2D eigenvalue weighted by atomic mass is 32.2. The average Bonchev–Trinajstić information content (AvgIpc) is 2.54. The molecule has 26 heavy (non-hydrogen) atoms. The van der Waals surface area contributed by atoms with E-state index in [0.29, 0.717) is 18.0 Å². The minimum Gasteiger partial charge on any atom is -0.494 e. The molecule has 0 aliphatic rings. The van der Waals surface area contributed by atoms with Crippen molar-refractivity contribution in [1.29, 1.82) is 0 Å². The number of carbonyl (C=O) groups is 1. The molecule has 0 saturated heterocycles. The predicted octanol–water partition coefficient (Wildman–Crippen LogP) is 3.01. The number of amides is 1. The van der Waals surface area contributed by atoms with Crippen LogP contribution in [-0.2, 0) is 14.8 Å². The molecule has 6 nitrogen and oxygen atoms in total. The molecule has 0 spiro atoms. The zero-order chi connectivity index (χ0) is 19.3. The first-order chi connectivity index (χ1) is 12.2. The second kappa shape index (κ2) is 8.33. The summed E-state index contributed by atoms with van der Waals surface area (Å²) in [5.41, 5.74) is 2.67. The fraction of sp³-hybridized carbons (Fsp3) is 0.316. The topological polar surface area (TPSA) is 84.5 Å². The summed E-state index contributed by atoms with van der Waals surface area (Å²) >= 11 is 0. The number of hydrogen-bond acceptors (Lipinski definition) is 4. The highest BCUT2D eigenvalue weighted by molar-refractivity contribution is 7.89. The van der Waals surface area contributed by atoms with Gasteiger partial charge in [0.05, 0.1) is 17.5 Å². The Bertz CT molecular complexity index is 857. The zero-order valence-electron chi connectivity index (χ0n) is 15.4. The third kappa shape index (κ3) is 5.31. The maximum atomic E-state index is 12.4. The molecule has 0 aliphatic heterocycles. The number of aryl methyl sites for hydroxylation is 2. The SMILES string of the molecule is CCOc1ccc(S(=O)(=O)N[C@H](C)C(=O)Nc2cc(C)cc(C)c2)cc1. The smallest absolute Gasteiger partial charge is 0.242 e. The molecule has 0 bridgehead atoms. The van der Waals surface area contributed by atoms with Crippen LogP contribution in [0.4, 0.5) is 5.69 Å². The molecule has 0 saturated carbocycles. The van der Waals surface area contributed by atoms with Crippen molar-refractivity contribution in [3.05, 3.63) is 53.6 Å². The van der Waals surface area contributed by atoms with E-state index in [4.69, 9.17) is 4.74 Å². The quantitative estimate of drug-likeness (QED) is 0.778. The normalized spacial score (nSPS) is 12.5. The van der Waals surface area contributed by atoms with Crippen molar-refractivity contribution in [3.8, 4) is 5.75 Å². The third-order valence-electron chi connectivity index (χ3n) is 3.66. The number of rotatable bonds is 7. The molecule has 0 aromatic heterocycles. The molecule has 2 rings (SSSR count). The summed E-state index contributed by atoms with van der Waals surface area (Å²) in [5.74, 6) is 0.163. The van der Waals surface area contributed by atoms with E-state index < -0.39 is 22.0 Å². The van der Waals surface area contributed by atoms with Crippen LogP contribution in [0.2, 0.25) is 0 Å². The Balaban J connectivity index is 2.06. The summed E-state index contributed by atoms with van der Waals surface area (Å²) in [6.45, 7) is 7.72. The average molecular weight is 376 g/mol. The van der Waals surface area contributed by atoms with Crippen LogP contribution in [0.5, 0.6) is 5.75 Å². The van der Waals surface area contributed by atoms with Crippen LogP contribution in [0.15, 0.2) is 47.4 Å². The van der Waals surface area contributed by atoms with E-state index in [2.05, 4.69) is 10.0 Å². The number of carbonyl (C=O) groups excluding carboxylic acids is 1. The Morgan fingerprint density at radius 2 is 1.65 bits per heavy atom. The Labute approximate surface area is 154 Å². The highest BCUT2D eigenvalue weighted by Gasteiger charge is 2.22. The number of nitrogens with one attached hydrogen (secondary N) is 2. The van der Waals surface area contributed by atoms with Gasteiger partial charge in [-0.05, 0) is 75.2 Å². The van der Waals surface area contributed by atoms with Crippen molar-refractivity contribution in [1.82, 2.24) is 4.72 Å². The fourth-order valence-electron chi connectivity index (χ4n) is 2.53. The Morgan fingerprint density at radius 1 is 1.08 bits per heavy atom. The van der Waals surface area contributed by atoms with Gasteiger partial charge >= 0.3 is 0 Å². The van der Waals surface area contributed by atoms with Crippen LogP contribution in [-0.4, -0.2) is 27.0 Å². The molecule has 0 unspecified atom stereocenters. The Hall–Kier alpha value is -2.38. The van der Waals surface area contributed by atoms with E-state index in [1.807, 2.05) is 39.0 Å². The summed E-state index contributed by atoms with van der Waals surface area (Å²) in [5, 5.41) is 2.74. The van der Waals surface area contributed by atoms with Crippen molar-refractivity contribution < 1.29 is 17.9 Å². The van der Waals surface area contributed by atoms with Crippen LogP contribution in [0, 0.1) is 13.8 Å². The predicted molar refractivity (Wildman–Crippen MR) is 102 cm³/mol. The minimum atomic E-state index is -3.81. The lowest BCUT2D eigenvalue weighted by atomic mass is 10.1. The third-order valence-corrected chi connectivity index (χ3v) is 5.22. The second-order valence-electron chi connectivity index (χ2n) is 6.11. The summed E-state index contributed by atoms with van der Waals surface area (Å²) in [7, 11) is -3.81. The lowest BCUT2D eigenvalue weighted by molar-refractivity contribution is -0.117. The molecular weight excluding hydrogens is 352 g/mol. The van der Waals surface area contributed by atoms with E-state index in [1.165, 1.54) is 19.1 Å². The first kappa shape index (κ1) is 19.9. The van der Waals surface area contributed by atoms with Crippen LogP contribution < -0.4 is 14.8 Å². The van der Waals surface area contributed by atoms with Crippen molar-refractivity contribution in [2.45, 2.75) is 38.6 Å². The number of ether oxygens (including phenoxy) is 1. The van der Waals surface area contributed by atoms with Crippen LogP contribution >= 0.6 is 0 Å². The molecule has 1 amide bonds. The van der Waals surface area contributed by atoms with Crippen LogP contribution in [0.1, 0.15) is 25.0 Å². The standard InChI is InChI=1S/C19H24N2O4S/c1-5-25-17-6-8-18(9-7-17)26(23,24)21-15(4)19(22)20-16-11-13(2)10-14(3)12-16/h6-12,15,21H,5H2,1-4H3,(H,20,22)/t15-/m1/s1. The van der Waals surface area contributed by atoms with Crippen molar-refractivity contribution >= 4 is 21.6 Å². The molecule has 7 heteroatoms. The first-order valence-corrected chi connectivity index (χ1v) is 9.84. The van der Waals surface area contributed by atoms with Gasteiger partial charge in [-0.25, -0.2) is 8.42 Å². The summed E-state index contributed by atoms with van der Waals surface area (Å²) in [6.07, 6.45) is 0. The van der Waals surface area contributed by atoms with Gasteiger partial charge in [0, 0.05) is 5.69 Å². The van der Waals surface area contributed by atoms with Crippen molar-refractivity contribution in [2.24, 2.45) is 0 Å². The lowest BCUT2D eigenvalue weighted by Crippen LogP contribution is -2.41. The van der Waals surface area contributed by atoms with Crippen molar-refractivity contribution in [2.75, 3.05) is 11.9 Å². The van der Waals surface area contributed by atoms with E-state index in [1.54, 1.807) is 12.1 Å². The van der Waals surface area contributed by atoms with Gasteiger partial charge in [-0.1, -0.05) is 6.07 Å². The first-order valence-electron chi connectivity index (χ1n) is 8.35. The molecule has 0 fully saturated rings. The Kier molecular flexibility index (Phi) is 6.39. The fourth-order valence-corrected chi connectivity index (χ4v) is 3.74. The molecule has 2 aromatic rings. The molecule has 0 radical (unpaired) electrons. The maximum Gasteiger partial charge on any atom is 0.242 e. The second-order valence-corrected chi connectivity index (χ2v) is 7.83. The molecule has 2 N–H and O–H groups in total. The van der Waals surface area contributed by atoms with E-state index in [0.717, 1.165) is 11.1 Å². The zero-order valence-corrected chi connectivity index (χ0v) is 16.2. The van der Waals surface area contributed by atoms with E-state index in [9.17, 15) is 13.2 Å². The number of sulfonamides is 1. The van der Waals surface area contributed by atoms with Gasteiger partial charge in [0.1, 0.15) is 5.75 Å². The van der Waals surface area contributed by atoms with Gasteiger partial charge in [0.15, 0.2) is 0 Å². The van der Waals surface area contributed by atoms with E-state index >= 15 is 0 Å². The summed E-state index contributed by atoms with van der Waals surface area (Å²) in [4.78, 5) is 12.4. The minimum absolute atomic E-state index is 0.0759. The van der Waals surface area contributed by atoms with Crippen LogP contribution in [0.3, 0.4) is 0 Å². The summed E-state index contributed by atoms with van der Waals surface area (Å²) in [6, 6.07) is 10.8. The number of hydrogen-bond donors (Lipinski definition) is 2. The van der Waals surface area contributed by atoms with E-state index in [-0.39, 0.29) is 4.90 Å². The number of anilines is 1. The maximum absolute atomic E-state index is 12.4. The summed E-state index contributed by atoms with van der Waals surface area (Å²) < 4.78 is 32.6. The van der Waals surface area contributed by atoms with Gasteiger partial charge < -0.3 is 10.1 Å². The Morgan fingerprint density at radius 3 is 2.19 bits per heavy atom. The number of benzene rings is 2. The molecule has 0 heterocycles. The lowest BCUT2D eigenvalue weighted by Gasteiger charge is -2.15. The van der Waals surface area contributed by atoms with Crippen LogP contribution in [0.25, 0.3) is 0 Å².